The number of ether oxygens (including phenoxy) is 1. The fourth-order valence-corrected chi connectivity index (χ4v) is 2.48. The third-order valence-electron chi connectivity index (χ3n) is 3.63. The number of amides is 1. The van der Waals surface area contributed by atoms with Crippen LogP contribution in [0.15, 0.2) is 66.9 Å². The molecular formula is C19H13F3N2O2. The van der Waals surface area contributed by atoms with Crippen LogP contribution in [0.4, 0.5) is 13.2 Å². The summed E-state index contributed by atoms with van der Waals surface area (Å²) in [7, 11) is 0. The minimum absolute atomic E-state index is 0.272. The topological polar surface area (TPSA) is 65.2 Å². The molecule has 0 saturated carbocycles. The van der Waals surface area contributed by atoms with E-state index in [-0.39, 0.29) is 11.3 Å². The zero-order chi connectivity index (χ0) is 18.7. The number of hydrogen-bond donors (Lipinski definition) is 1. The number of benzene rings is 2. The summed E-state index contributed by atoms with van der Waals surface area (Å²) in [6.45, 7) is 0. The monoisotopic (exact) mass is 358 g/mol. The third kappa shape index (κ3) is 4.00. The van der Waals surface area contributed by atoms with Crippen LogP contribution in [0.5, 0.6) is 5.75 Å². The summed E-state index contributed by atoms with van der Waals surface area (Å²) in [6.07, 6.45) is -3.43. The summed E-state index contributed by atoms with van der Waals surface area (Å²) >= 11 is 0. The standard InChI is InChI=1S/C19H13F3N2O2/c20-19(21,22)26-17-7-2-1-6-15(17)12-4-3-5-13(10-12)16-9-8-14(11-24-16)18(23)25/h1-11H,(H2,23,25). The van der Waals surface area contributed by atoms with Crippen LogP contribution in [0.25, 0.3) is 22.4 Å². The number of para-hydroxylation sites is 1. The Hall–Kier alpha value is -3.35. The number of carbonyl (C=O) groups is 1. The number of primary amides is 1. The molecule has 2 aromatic carbocycles. The lowest BCUT2D eigenvalue weighted by atomic mass is 10.0. The van der Waals surface area contributed by atoms with Gasteiger partial charge >= 0.3 is 6.36 Å². The zero-order valence-corrected chi connectivity index (χ0v) is 13.3. The molecule has 1 amide bonds. The average Bonchev–Trinajstić information content (AvgIpc) is 2.61. The number of aromatic nitrogens is 1. The molecule has 2 N–H and O–H groups in total. The summed E-state index contributed by atoms with van der Waals surface area (Å²) < 4.78 is 42.0. The third-order valence-corrected chi connectivity index (χ3v) is 3.63. The molecule has 0 atom stereocenters. The number of alkyl halides is 3. The number of nitrogens with two attached hydrogens (primary N) is 1. The first-order valence-corrected chi connectivity index (χ1v) is 7.55. The molecule has 1 heterocycles. The Morgan fingerprint density at radius 3 is 2.35 bits per heavy atom. The second-order valence-electron chi connectivity index (χ2n) is 5.42. The molecule has 0 radical (unpaired) electrons. The van der Waals surface area contributed by atoms with E-state index in [1.807, 2.05) is 0 Å². The van der Waals surface area contributed by atoms with Crippen molar-refractivity contribution in [2.45, 2.75) is 6.36 Å². The van der Waals surface area contributed by atoms with Crippen LogP contribution in [-0.2, 0) is 0 Å². The Morgan fingerprint density at radius 1 is 0.962 bits per heavy atom. The normalized spacial score (nSPS) is 11.2. The van der Waals surface area contributed by atoms with Crippen molar-refractivity contribution >= 4 is 5.91 Å². The summed E-state index contributed by atoms with van der Waals surface area (Å²) in [6, 6.07) is 15.9. The van der Waals surface area contributed by atoms with E-state index in [1.54, 1.807) is 42.5 Å². The van der Waals surface area contributed by atoms with Gasteiger partial charge in [0.1, 0.15) is 5.75 Å². The van der Waals surface area contributed by atoms with Gasteiger partial charge < -0.3 is 10.5 Å². The Morgan fingerprint density at radius 2 is 1.69 bits per heavy atom. The van der Waals surface area contributed by atoms with Gasteiger partial charge in [-0.1, -0.05) is 36.4 Å². The molecule has 0 fully saturated rings. The Balaban J connectivity index is 1.99. The number of pyridine rings is 1. The molecule has 4 nitrogen and oxygen atoms in total. The van der Waals surface area contributed by atoms with Crippen molar-refractivity contribution in [2.75, 3.05) is 0 Å². The van der Waals surface area contributed by atoms with E-state index in [0.717, 1.165) is 0 Å². The fraction of sp³-hybridized carbons (Fsp3) is 0.0526. The Kier molecular flexibility index (Phi) is 4.62. The lowest BCUT2D eigenvalue weighted by Crippen LogP contribution is -2.17. The molecule has 1 aromatic heterocycles. The van der Waals surface area contributed by atoms with Gasteiger partial charge in [-0.2, -0.15) is 0 Å². The number of nitrogens with zero attached hydrogens (tertiary/aromatic N) is 1. The molecule has 26 heavy (non-hydrogen) atoms. The maximum atomic E-state index is 12.6. The predicted octanol–water partition coefficient (Wildman–Crippen LogP) is 4.41. The SMILES string of the molecule is NC(=O)c1ccc(-c2cccc(-c3ccccc3OC(F)(F)F)c2)nc1. The van der Waals surface area contributed by atoms with Gasteiger partial charge in [-0.3, -0.25) is 9.78 Å². The van der Waals surface area contributed by atoms with Gasteiger partial charge in [0, 0.05) is 17.3 Å². The summed E-state index contributed by atoms with van der Waals surface area (Å²) in [5.41, 5.74) is 7.55. The van der Waals surface area contributed by atoms with Gasteiger partial charge in [-0.05, 0) is 29.8 Å². The molecule has 0 aliphatic carbocycles. The van der Waals surface area contributed by atoms with Crippen molar-refractivity contribution < 1.29 is 22.7 Å². The van der Waals surface area contributed by atoms with E-state index in [1.165, 1.54) is 24.4 Å². The predicted molar refractivity (Wildman–Crippen MR) is 90.3 cm³/mol. The van der Waals surface area contributed by atoms with Crippen molar-refractivity contribution in [1.82, 2.24) is 4.98 Å². The minimum atomic E-state index is -4.78. The number of rotatable bonds is 4. The molecule has 0 aliphatic rings. The molecule has 0 aliphatic heterocycles. The number of hydrogen-bond acceptors (Lipinski definition) is 3. The smallest absolute Gasteiger partial charge is 0.405 e. The minimum Gasteiger partial charge on any atom is -0.405 e. The van der Waals surface area contributed by atoms with Crippen LogP contribution in [0, 0.1) is 0 Å². The van der Waals surface area contributed by atoms with Gasteiger partial charge in [-0.25, -0.2) is 0 Å². The van der Waals surface area contributed by atoms with Crippen molar-refractivity contribution in [3.63, 3.8) is 0 Å². The van der Waals surface area contributed by atoms with E-state index in [0.29, 0.717) is 22.4 Å². The lowest BCUT2D eigenvalue weighted by molar-refractivity contribution is -0.274. The van der Waals surface area contributed by atoms with Crippen molar-refractivity contribution in [2.24, 2.45) is 5.73 Å². The fourth-order valence-electron chi connectivity index (χ4n) is 2.48. The largest absolute Gasteiger partial charge is 0.573 e. The van der Waals surface area contributed by atoms with Crippen LogP contribution in [0.1, 0.15) is 10.4 Å². The van der Waals surface area contributed by atoms with E-state index in [4.69, 9.17) is 5.73 Å². The van der Waals surface area contributed by atoms with E-state index < -0.39 is 12.3 Å². The highest BCUT2D eigenvalue weighted by molar-refractivity contribution is 5.92. The quantitative estimate of drug-likeness (QED) is 0.751. The highest BCUT2D eigenvalue weighted by atomic mass is 19.4. The zero-order valence-electron chi connectivity index (χ0n) is 13.3. The first-order valence-electron chi connectivity index (χ1n) is 7.55. The molecule has 0 bridgehead atoms. The highest BCUT2D eigenvalue weighted by Gasteiger charge is 2.32. The molecule has 0 saturated heterocycles. The van der Waals surface area contributed by atoms with Gasteiger partial charge in [0.25, 0.3) is 0 Å². The molecular weight excluding hydrogens is 345 g/mol. The van der Waals surface area contributed by atoms with Crippen LogP contribution in [0.3, 0.4) is 0 Å². The molecule has 3 rings (SSSR count). The second kappa shape index (κ2) is 6.87. The summed E-state index contributed by atoms with van der Waals surface area (Å²) in [4.78, 5) is 15.3. The first-order chi connectivity index (χ1) is 12.3. The molecule has 0 unspecified atom stereocenters. The Labute approximate surface area is 147 Å². The summed E-state index contributed by atoms with van der Waals surface area (Å²) in [5, 5.41) is 0. The van der Waals surface area contributed by atoms with E-state index in [2.05, 4.69) is 9.72 Å². The van der Waals surface area contributed by atoms with Gasteiger partial charge in [0.05, 0.1) is 11.3 Å². The van der Waals surface area contributed by atoms with Crippen LogP contribution >= 0.6 is 0 Å². The van der Waals surface area contributed by atoms with Crippen LogP contribution in [0.2, 0.25) is 0 Å². The van der Waals surface area contributed by atoms with E-state index in [9.17, 15) is 18.0 Å². The van der Waals surface area contributed by atoms with E-state index >= 15 is 0 Å². The van der Waals surface area contributed by atoms with Gasteiger partial charge in [-0.15, -0.1) is 13.2 Å². The van der Waals surface area contributed by atoms with Crippen LogP contribution < -0.4 is 10.5 Å². The maximum Gasteiger partial charge on any atom is 0.573 e. The first kappa shape index (κ1) is 17.5. The average molecular weight is 358 g/mol. The second-order valence-corrected chi connectivity index (χ2v) is 5.42. The lowest BCUT2D eigenvalue weighted by Gasteiger charge is -2.14. The van der Waals surface area contributed by atoms with Crippen molar-refractivity contribution in [3.05, 3.63) is 72.4 Å². The Bertz CT molecular complexity index is 938. The molecule has 7 heteroatoms. The number of halogens is 3. The molecule has 3 aromatic rings. The molecule has 132 valence electrons. The highest BCUT2D eigenvalue weighted by Crippen LogP contribution is 2.35. The maximum absolute atomic E-state index is 12.6. The van der Waals surface area contributed by atoms with Crippen LogP contribution in [-0.4, -0.2) is 17.3 Å². The molecule has 0 spiro atoms. The van der Waals surface area contributed by atoms with Crippen molar-refractivity contribution in [1.29, 1.82) is 0 Å². The van der Waals surface area contributed by atoms with Gasteiger partial charge in [0.2, 0.25) is 5.91 Å². The number of carbonyl (C=O) groups excluding carboxylic acids is 1. The van der Waals surface area contributed by atoms with Gasteiger partial charge in [0.15, 0.2) is 0 Å². The van der Waals surface area contributed by atoms with Crippen molar-refractivity contribution in [3.8, 4) is 28.1 Å². The summed E-state index contributed by atoms with van der Waals surface area (Å²) in [5.74, 6) is -0.870.